The molecule has 4 amide bonds. The lowest BCUT2D eigenvalue weighted by molar-refractivity contribution is -0.141. The Morgan fingerprint density at radius 3 is 2.52 bits per heavy atom. The van der Waals surface area contributed by atoms with Crippen LogP contribution in [0, 0.1) is 12.3 Å². The average molecular weight is 389 g/mol. The third-order valence-electron chi connectivity index (χ3n) is 5.19. The smallest absolute Gasteiger partial charge is 0.312 e. The summed E-state index contributed by atoms with van der Waals surface area (Å²) in [6, 6.07) is 4.42. The Hall–Kier alpha value is -2.72. The van der Waals surface area contributed by atoms with E-state index in [0.29, 0.717) is 24.2 Å². The molecule has 1 aromatic rings. The Balaban J connectivity index is 1.68. The lowest BCUT2D eigenvalue weighted by atomic mass is 9.81. The van der Waals surface area contributed by atoms with Crippen molar-refractivity contribution in [2.45, 2.75) is 31.3 Å². The van der Waals surface area contributed by atoms with E-state index in [1.165, 1.54) is 0 Å². The fourth-order valence-corrected chi connectivity index (χ4v) is 3.96. The maximum atomic E-state index is 13.0. The first-order valence-corrected chi connectivity index (χ1v) is 9.20. The highest BCUT2D eigenvalue weighted by atomic mass is 35.5. The molecule has 0 spiro atoms. The minimum atomic E-state index is -0.647. The standard InChI is InChI=1S/C19H21ClN4O3/c1-2-12-4-3-5-13(17(12)20)18(26)24-11-10-23(14-6-7-15(14)24)16(25)8-9-22-19(21)27/h1,3-5,14-15H,6-11H2,(H3,21,22,27)/t14-,15-/m1/s1. The Kier molecular flexibility index (Phi) is 5.57. The summed E-state index contributed by atoms with van der Waals surface area (Å²) in [5, 5.41) is 2.71. The first kappa shape index (κ1) is 19.1. The number of carbonyl (C=O) groups excluding carboxylic acids is 3. The average Bonchev–Trinajstić information content (AvgIpc) is 2.61. The number of halogens is 1. The van der Waals surface area contributed by atoms with E-state index in [0.717, 1.165) is 12.8 Å². The maximum Gasteiger partial charge on any atom is 0.312 e. The van der Waals surface area contributed by atoms with Crippen LogP contribution in [0.4, 0.5) is 4.79 Å². The van der Waals surface area contributed by atoms with Gasteiger partial charge in [0, 0.05) is 31.6 Å². The monoisotopic (exact) mass is 388 g/mol. The first-order valence-electron chi connectivity index (χ1n) is 8.83. The van der Waals surface area contributed by atoms with E-state index in [9.17, 15) is 14.4 Å². The van der Waals surface area contributed by atoms with Crippen molar-refractivity contribution >= 4 is 29.4 Å². The maximum absolute atomic E-state index is 13.0. The van der Waals surface area contributed by atoms with Gasteiger partial charge in [-0.05, 0) is 25.0 Å². The van der Waals surface area contributed by atoms with Gasteiger partial charge in [0.1, 0.15) is 0 Å². The van der Waals surface area contributed by atoms with Crippen LogP contribution in [-0.2, 0) is 4.79 Å². The number of nitrogens with zero attached hydrogens (tertiary/aromatic N) is 2. The molecule has 3 rings (SSSR count). The van der Waals surface area contributed by atoms with Crippen LogP contribution in [0.15, 0.2) is 18.2 Å². The predicted molar refractivity (Wildman–Crippen MR) is 101 cm³/mol. The number of fused-ring (bicyclic) bond motifs is 1. The molecule has 1 saturated heterocycles. The Bertz CT molecular complexity index is 820. The van der Waals surface area contributed by atoms with Crippen molar-refractivity contribution in [3.63, 3.8) is 0 Å². The van der Waals surface area contributed by atoms with Gasteiger partial charge in [0.25, 0.3) is 5.91 Å². The summed E-state index contributed by atoms with van der Waals surface area (Å²) >= 11 is 6.29. The van der Waals surface area contributed by atoms with Crippen molar-refractivity contribution in [1.82, 2.24) is 15.1 Å². The summed E-state index contributed by atoms with van der Waals surface area (Å²) in [5.41, 5.74) is 5.90. The molecule has 1 aliphatic heterocycles. The number of nitrogens with one attached hydrogen (secondary N) is 1. The number of hydrogen-bond acceptors (Lipinski definition) is 3. The van der Waals surface area contributed by atoms with Crippen LogP contribution >= 0.6 is 11.6 Å². The van der Waals surface area contributed by atoms with E-state index < -0.39 is 6.03 Å². The lowest BCUT2D eigenvalue weighted by Crippen LogP contribution is -2.67. The molecule has 8 heteroatoms. The number of hydrogen-bond donors (Lipinski definition) is 2. The van der Waals surface area contributed by atoms with Gasteiger partial charge in [-0.25, -0.2) is 4.79 Å². The number of piperazine rings is 1. The minimum Gasteiger partial charge on any atom is -0.352 e. The van der Waals surface area contributed by atoms with Gasteiger partial charge < -0.3 is 20.9 Å². The van der Waals surface area contributed by atoms with Crippen LogP contribution in [0.2, 0.25) is 5.02 Å². The number of amides is 4. The van der Waals surface area contributed by atoms with Gasteiger partial charge in [0.15, 0.2) is 0 Å². The third-order valence-corrected chi connectivity index (χ3v) is 5.60. The van der Waals surface area contributed by atoms with E-state index in [-0.39, 0.29) is 41.9 Å². The second-order valence-electron chi connectivity index (χ2n) is 6.65. The molecule has 1 saturated carbocycles. The lowest BCUT2D eigenvalue weighted by Gasteiger charge is -2.53. The molecule has 1 aromatic carbocycles. The Morgan fingerprint density at radius 1 is 1.22 bits per heavy atom. The van der Waals surface area contributed by atoms with Gasteiger partial charge in [-0.3, -0.25) is 9.59 Å². The molecule has 0 bridgehead atoms. The first-order chi connectivity index (χ1) is 12.9. The second kappa shape index (κ2) is 7.89. The van der Waals surface area contributed by atoms with E-state index in [1.807, 2.05) is 0 Å². The summed E-state index contributed by atoms with van der Waals surface area (Å²) in [6.45, 7) is 1.10. The summed E-state index contributed by atoms with van der Waals surface area (Å²) < 4.78 is 0. The highest BCUT2D eigenvalue weighted by Crippen LogP contribution is 2.35. The van der Waals surface area contributed by atoms with Crippen LogP contribution in [0.5, 0.6) is 0 Å². The van der Waals surface area contributed by atoms with Gasteiger partial charge in [-0.1, -0.05) is 23.6 Å². The van der Waals surface area contributed by atoms with Gasteiger partial charge in [0.05, 0.1) is 22.7 Å². The SMILES string of the molecule is C#Cc1cccc(C(=O)N2CCN(C(=O)CCNC(N)=O)[C@@H]3CC[C@H]32)c1Cl. The number of nitrogens with two attached hydrogens (primary N) is 1. The summed E-state index contributed by atoms with van der Waals surface area (Å²) in [4.78, 5) is 39.8. The number of carbonyl (C=O) groups is 3. The quantitative estimate of drug-likeness (QED) is 0.758. The zero-order chi connectivity index (χ0) is 19.6. The van der Waals surface area contributed by atoms with Crippen molar-refractivity contribution in [2.24, 2.45) is 5.73 Å². The molecule has 2 atom stereocenters. The molecule has 2 fully saturated rings. The van der Waals surface area contributed by atoms with E-state index in [4.69, 9.17) is 23.8 Å². The summed E-state index contributed by atoms with van der Waals surface area (Å²) in [7, 11) is 0. The number of rotatable bonds is 4. The summed E-state index contributed by atoms with van der Waals surface area (Å²) in [6.07, 6.45) is 7.31. The number of primary amides is 1. The van der Waals surface area contributed by atoms with Gasteiger partial charge in [-0.15, -0.1) is 6.42 Å². The predicted octanol–water partition coefficient (Wildman–Crippen LogP) is 1.20. The fourth-order valence-electron chi connectivity index (χ4n) is 3.70. The molecule has 1 aliphatic carbocycles. The van der Waals surface area contributed by atoms with Gasteiger partial charge >= 0.3 is 6.03 Å². The van der Waals surface area contributed by atoms with Gasteiger partial charge in [0.2, 0.25) is 5.91 Å². The molecule has 3 N–H and O–H groups in total. The van der Waals surface area contributed by atoms with Crippen LogP contribution in [-0.4, -0.2) is 59.4 Å². The highest BCUT2D eigenvalue weighted by Gasteiger charge is 2.46. The van der Waals surface area contributed by atoms with Crippen LogP contribution in [0.1, 0.15) is 35.2 Å². The Morgan fingerprint density at radius 2 is 1.89 bits per heavy atom. The Labute approximate surface area is 162 Å². The molecule has 142 valence electrons. The number of urea groups is 1. The van der Waals surface area contributed by atoms with Crippen molar-refractivity contribution in [3.8, 4) is 12.3 Å². The van der Waals surface area contributed by atoms with Crippen molar-refractivity contribution in [3.05, 3.63) is 34.3 Å². The molecular weight excluding hydrogens is 368 g/mol. The normalized spacial score (nSPS) is 20.9. The largest absolute Gasteiger partial charge is 0.352 e. The van der Waals surface area contributed by atoms with Gasteiger partial charge in [-0.2, -0.15) is 0 Å². The van der Waals surface area contributed by atoms with Crippen molar-refractivity contribution in [1.29, 1.82) is 0 Å². The molecule has 0 radical (unpaired) electrons. The number of benzene rings is 1. The molecule has 27 heavy (non-hydrogen) atoms. The summed E-state index contributed by atoms with van der Waals surface area (Å²) in [5.74, 6) is 2.28. The number of terminal acetylenes is 1. The minimum absolute atomic E-state index is 0.00151. The third kappa shape index (κ3) is 3.71. The molecular formula is C19H21ClN4O3. The van der Waals surface area contributed by atoms with Crippen LogP contribution in [0.25, 0.3) is 0 Å². The molecule has 7 nitrogen and oxygen atoms in total. The van der Waals surface area contributed by atoms with Crippen LogP contribution < -0.4 is 11.1 Å². The van der Waals surface area contributed by atoms with Crippen LogP contribution in [0.3, 0.4) is 0 Å². The molecule has 1 heterocycles. The molecule has 0 aromatic heterocycles. The molecule has 2 aliphatic rings. The zero-order valence-electron chi connectivity index (χ0n) is 14.8. The van der Waals surface area contributed by atoms with E-state index in [2.05, 4.69) is 11.2 Å². The van der Waals surface area contributed by atoms with E-state index >= 15 is 0 Å². The second-order valence-corrected chi connectivity index (χ2v) is 7.03. The fraction of sp³-hybridized carbons (Fsp3) is 0.421. The van der Waals surface area contributed by atoms with E-state index in [1.54, 1.807) is 28.0 Å². The highest BCUT2D eigenvalue weighted by molar-refractivity contribution is 6.35. The topological polar surface area (TPSA) is 95.7 Å². The van der Waals surface area contributed by atoms with Crippen molar-refractivity contribution in [2.75, 3.05) is 19.6 Å². The zero-order valence-corrected chi connectivity index (χ0v) is 15.5. The molecule has 0 unspecified atom stereocenters. The van der Waals surface area contributed by atoms with Crippen molar-refractivity contribution < 1.29 is 14.4 Å².